The molecule has 1 amide bonds. The topological polar surface area (TPSA) is 239 Å². The molecule has 4 aromatic heterocycles. The van der Waals surface area contributed by atoms with Gasteiger partial charge in [-0.25, -0.2) is 29.7 Å². The number of pyridine rings is 4. The number of amides is 1. The van der Waals surface area contributed by atoms with Gasteiger partial charge < -0.3 is 37.1 Å². The van der Waals surface area contributed by atoms with E-state index in [0.717, 1.165) is 53.3 Å². The van der Waals surface area contributed by atoms with Gasteiger partial charge in [-0.1, -0.05) is 24.3 Å². The van der Waals surface area contributed by atoms with Gasteiger partial charge in [-0.2, -0.15) is 0 Å². The van der Waals surface area contributed by atoms with Crippen LogP contribution in [0.4, 0.5) is 11.4 Å². The van der Waals surface area contributed by atoms with Crippen LogP contribution in [0.25, 0.3) is 21.9 Å². The lowest BCUT2D eigenvalue weighted by Crippen LogP contribution is -2.13. The summed E-state index contributed by atoms with van der Waals surface area (Å²) < 4.78 is 10.2. The lowest BCUT2D eigenvalue weighted by molar-refractivity contribution is 0.0690. The van der Waals surface area contributed by atoms with Crippen LogP contribution in [-0.4, -0.2) is 74.3 Å². The summed E-state index contributed by atoms with van der Waals surface area (Å²) in [5.41, 5.74) is 22.1. The number of hydrogen-bond donors (Lipinski definition) is 5. The first-order chi connectivity index (χ1) is 26.7. The number of nitrogens with zero attached hydrogens (tertiary/aromatic N) is 6. The normalized spacial score (nSPS) is 15.6. The number of rotatable bonds is 9. The van der Waals surface area contributed by atoms with Crippen molar-refractivity contribution in [2.75, 3.05) is 24.3 Å². The summed E-state index contributed by atoms with van der Waals surface area (Å²) in [6, 6.07) is 28.7. The first-order valence-corrected chi connectivity index (χ1v) is 17.5. The predicted molar refractivity (Wildman–Crippen MR) is 211 cm³/mol. The molecule has 8 N–H and O–H groups in total. The number of ether oxygens (including phenoxy) is 2. The highest BCUT2D eigenvalue weighted by Crippen LogP contribution is 2.17. The number of anilines is 2. The highest BCUT2D eigenvalue weighted by Gasteiger charge is 2.17. The fraction of sp³-hybridized carbons (Fsp3) is 0.200. The average Bonchev–Trinajstić information content (AvgIpc) is 3.84. The second-order valence-corrected chi connectivity index (χ2v) is 12.7. The molecule has 2 aromatic carbocycles. The Kier molecular flexibility index (Phi) is 12.3. The van der Waals surface area contributed by atoms with Crippen molar-refractivity contribution in [3.8, 4) is 0 Å². The molecule has 2 atom stereocenters. The molecule has 0 saturated carbocycles. The summed E-state index contributed by atoms with van der Waals surface area (Å²) in [5, 5.41) is 13.3. The first kappa shape index (κ1) is 37.6. The van der Waals surface area contributed by atoms with E-state index >= 15 is 0 Å². The lowest BCUT2D eigenvalue weighted by atomic mass is 10.1. The van der Waals surface area contributed by atoms with Gasteiger partial charge in [0, 0.05) is 40.7 Å². The van der Waals surface area contributed by atoms with Crippen LogP contribution >= 0.6 is 0 Å². The van der Waals surface area contributed by atoms with Gasteiger partial charge in [0.25, 0.3) is 18.0 Å². The van der Waals surface area contributed by atoms with Crippen molar-refractivity contribution in [2.24, 2.45) is 21.5 Å². The van der Waals surface area contributed by atoms with Crippen LogP contribution in [0, 0.1) is 0 Å². The largest absolute Gasteiger partial charge is 0.477 e. The maximum atomic E-state index is 12.4. The molecule has 8 rings (SSSR count). The van der Waals surface area contributed by atoms with Crippen LogP contribution < -0.4 is 22.5 Å². The van der Waals surface area contributed by atoms with E-state index in [1.807, 2.05) is 60.7 Å². The number of carboxylic acid groups (broad SMARTS) is 1. The third-order valence-electron chi connectivity index (χ3n) is 8.60. The van der Waals surface area contributed by atoms with E-state index in [-0.39, 0.29) is 29.7 Å². The Morgan fingerprint density at radius 3 is 1.95 bits per heavy atom. The molecule has 15 nitrogen and oxygen atoms in total. The number of carbonyl (C=O) groups excluding carboxylic acids is 1. The molecular formula is C40H40N10O5. The number of nitrogens with one attached hydrogen (secondary N) is 1. The fourth-order valence-corrected chi connectivity index (χ4v) is 5.63. The minimum absolute atomic E-state index is 0.0196. The molecule has 2 aliphatic rings. The number of fused-ring (bicyclic) bond motifs is 2. The van der Waals surface area contributed by atoms with E-state index in [9.17, 15) is 9.59 Å². The Hall–Kier alpha value is -7.16. The highest BCUT2D eigenvalue weighted by atomic mass is 16.5. The smallest absolute Gasteiger partial charge is 0.354 e. The minimum atomic E-state index is -1.03. The van der Waals surface area contributed by atoms with Gasteiger partial charge in [-0.3, -0.25) is 9.78 Å². The molecule has 0 aliphatic carbocycles. The van der Waals surface area contributed by atoms with E-state index in [0.29, 0.717) is 30.6 Å². The maximum absolute atomic E-state index is 12.4. The number of amidine groups is 2. The third kappa shape index (κ3) is 10.9. The Morgan fingerprint density at radius 2 is 1.33 bits per heavy atom. The summed E-state index contributed by atoms with van der Waals surface area (Å²) in [6.07, 6.45) is 8.66. The molecule has 6 aromatic rings. The monoisotopic (exact) mass is 740 g/mol. The minimum Gasteiger partial charge on any atom is -0.477 e. The molecule has 0 bridgehead atoms. The third-order valence-corrected chi connectivity index (χ3v) is 8.60. The summed E-state index contributed by atoms with van der Waals surface area (Å²) in [4.78, 5) is 47.6. The summed E-state index contributed by atoms with van der Waals surface area (Å²) in [7, 11) is 0. The molecule has 0 fully saturated rings. The van der Waals surface area contributed by atoms with E-state index < -0.39 is 5.97 Å². The summed E-state index contributed by atoms with van der Waals surface area (Å²) in [5.74, 6) is -1.28. The molecule has 55 heavy (non-hydrogen) atoms. The number of carboxylic acids is 1. The number of nitrogen functional groups attached to an aromatic ring is 1. The van der Waals surface area contributed by atoms with Gasteiger partial charge >= 0.3 is 5.97 Å². The second kappa shape index (κ2) is 18.1. The Morgan fingerprint density at radius 1 is 0.709 bits per heavy atom. The Labute approximate surface area is 316 Å². The maximum Gasteiger partial charge on any atom is 0.354 e. The molecule has 0 saturated heterocycles. The number of aryl methyl sites for hydroxylation is 2. The number of aromatic nitrogens is 4. The van der Waals surface area contributed by atoms with Crippen LogP contribution in [0.5, 0.6) is 0 Å². The first-order valence-electron chi connectivity index (χ1n) is 17.5. The molecule has 6 heterocycles. The molecule has 0 unspecified atom stereocenters. The second-order valence-electron chi connectivity index (χ2n) is 12.7. The standard InChI is InChI=1S/C20H19N5O2.C11H15N3O.C9H6N2O2/c21-20-24-16(12-27-20)7-3-13-1-5-15(6-2-13)23-19(26)18-8-4-14-11-22-10-9-17(14)25-18;12-9-4-1-8(2-5-9)3-6-10-7-15-11(13)14-10;12-9(13)7-4-3-6-2-1-5-10-8(6)11-7/h1-2,4-6,8-11,16H,3,7,12H2,(H2,21,24)(H,23,26);1-2,4-5,10H,3,6-7,12H2,(H2,13,14);1-5H,(H,12,13)/t16-;10-;/m00./s1. The number of aliphatic imine (C=N–C) groups is 2. The van der Waals surface area contributed by atoms with Crippen LogP contribution in [-0.2, 0) is 22.3 Å². The van der Waals surface area contributed by atoms with Crippen molar-refractivity contribution < 1.29 is 24.2 Å². The van der Waals surface area contributed by atoms with E-state index in [2.05, 4.69) is 35.2 Å². The molecule has 15 heteroatoms. The molecular weight excluding hydrogens is 701 g/mol. The van der Waals surface area contributed by atoms with E-state index in [1.165, 1.54) is 17.2 Å². The number of nitrogens with two attached hydrogens (primary N) is 3. The lowest BCUT2D eigenvalue weighted by Gasteiger charge is -2.08. The van der Waals surface area contributed by atoms with E-state index in [1.54, 1.807) is 42.9 Å². The van der Waals surface area contributed by atoms with Gasteiger partial charge in [0.2, 0.25) is 0 Å². The SMILES string of the molecule is NC1=N[C@@H](CCc2ccc(N)cc2)CO1.NC1=N[C@@H](CCc2ccc(NC(=O)c3ccc4cnccc4n3)cc2)CO1.O=C(O)c1ccc2cccnc2n1. The molecule has 280 valence electrons. The molecule has 0 spiro atoms. The van der Waals surface area contributed by atoms with Crippen LogP contribution in [0.3, 0.4) is 0 Å². The van der Waals surface area contributed by atoms with Crippen molar-refractivity contribution >= 4 is 57.2 Å². The predicted octanol–water partition coefficient (Wildman–Crippen LogP) is 4.77. The van der Waals surface area contributed by atoms with Crippen molar-refractivity contribution in [3.05, 3.63) is 132 Å². The van der Waals surface area contributed by atoms with Crippen molar-refractivity contribution in [3.63, 3.8) is 0 Å². The fourth-order valence-electron chi connectivity index (χ4n) is 5.63. The molecule has 2 aliphatic heterocycles. The van der Waals surface area contributed by atoms with Crippen LogP contribution in [0.15, 0.2) is 120 Å². The van der Waals surface area contributed by atoms with Crippen LogP contribution in [0.2, 0.25) is 0 Å². The van der Waals surface area contributed by atoms with Gasteiger partial charge in [0.15, 0.2) is 11.3 Å². The number of benzene rings is 2. The number of hydrogen-bond acceptors (Lipinski definition) is 13. The zero-order valence-electron chi connectivity index (χ0n) is 29.8. The van der Waals surface area contributed by atoms with Crippen LogP contribution in [0.1, 0.15) is 44.9 Å². The van der Waals surface area contributed by atoms with Crippen molar-refractivity contribution in [1.29, 1.82) is 0 Å². The average molecular weight is 741 g/mol. The van der Waals surface area contributed by atoms with Gasteiger partial charge in [-0.05, 0) is 104 Å². The molecule has 0 radical (unpaired) electrons. The number of carbonyl (C=O) groups is 2. The Bertz CT molecular complexity index is 2320. The zero-order chi connectivity index (χ0) is 38.6. The summed E-state index contributed by atoms with van der Waals surface area (Å²) in [6.45, 7) is 1.16. The quantitative estimate of drug-likeness (QED) is 0.126. The van der Waals surface area contributed by atoms with Gasteiger partial charge in [0.05, 0.1) is 17.6 Å². The van der Waals surface area contributed by atoms with Crippen molar-refractivity contribution in [1.82, 2.24) is 19.9 Å². The highest BCUT2D eigenvalue weighted by molar-refractivity contribution is 6.04. The zero-order valence-corrected chi connectivity index (χ0v) is 29.8. The van der Waals surface area contributed by atoms with E-state index in [4.69, 9.17) is 31.8 Å². The van der Waals surface area contributed by atoms with Gasteiger partial charge in [-0.15, -0.1) is 0 Å². The Balaban J connectivity index is 0.000000155. The summed E-state index contributed by atoms with van der Waals surface area (Å²) >= 11 is 0. The van der Waals surface area contributed by atoms with Crippen molar-refractivity contribution in [2.45, 2.75) is 37.8 Å². The van der Waals surface area contributed by atoms with Gasteiger partial charge in [0.1, 0.15) is 18.9 Å². The number of aromatic carboxylic acids is 1.